The highest BCUT2D eigenvalue weighted by atomic mass is 32.2. The molecule has 26 heavy (non-hydrogen) atoms. The monoisotopic (exact) mass is 383 g/mol. The molecule has 1 amide bonds. The van der Waals surface area contributed by atoms with E-state index in [9.17, 15) is 13.2 Å². The van der Waals surface area contributed by atoms with Crippen LogP contribution in [-0.2, 0) is 22.0 Å². The second kappa shape index (κ2) is 6.37. The molecule has 1 N–H and O–H groups in total. The molecule has 0 aliphatic carbocycles. The predicted molar refractivity (Wildman–Crippen MR) is 104 cm³/mol. The fraction of sp³-hybridized carbons (Fsp3) is 0.150. The van der Waals surface area contributed by atoms with E-state index in [0.29, 0.717) is 20.9 Å². The number of aryl methyl sites for hydroxylation is 1. The van der Waals surface area contributed by atoms with Crippen LogP contribution < -0.4 is 5.32 Å². The van der Waals surface area contributed by atoms with E-state index in [1.54, 1.807) is 24.3 Å². The highest BCUT2D eigenvalue weighted by molar-refractivity contribution is 7.91. The lowest BCUT2D eigenvalue weighted by molar-refractivity contribution is 0.103. The molecule has 0 spiro atoms. The van der Waals surface area contributed by atoms with Crippen LogP contribution in [0.3, 0.4) is 0 Å². The first kappa shape index (κ1) is 17.0. The highest BCUT2D eigenvalue weighted by Gasteiger charge is 2.30. The minimum absolute atomic E-state index is 0.0611. The second-order valence-electron chi connectivity index (χ2n) is 6.23. The second-order valence-corrected chi connectivity index (χ2v) is 9.24. The smallest absolute Gasteiger partial charge is 0.265 e. The molecular formula is C20H17NO3S2. The Kier molecular flexibility index (Phi) is 4.17. The van der Waals surface area contributed by atoms with E-state index in [2.05, 4.69) is 12.2 Å². The van der Waals surface area contributed by atoms with Crippen molar-refractivity contribution in [3.63, 3.8) is 0 Å². The molecule has 132 valence electrons. The molecule has 1 aliphatic heterocycles. The maximum atomic E-state index is 12.7. The highest BCUT2D eigenvalue weighted by Crippen LogP contribution is 2.42. The lowest BCUT2D eigenvalue weighted by Gasteiger charge is -2.15. The number of thiophene rings is 1. The predicted octanol–water partition coefficient (Wildman–Crippen LogP) is 4.52. The number of sulfone groups is 1. The lowest BCUT2D eigenvalue weighted by Crippen LogP contribution is -2.11. The quantitative estimate of drug-likeness (QED) is 0.723. The molecule has 4 rings (SSSR count). The summed E-state index contributed by atoms with van der Waals surface area (Å²) >= 11 is 1.34. The third-order valence-corrected chi connectivity index (χ3v) is 7.36. The Bertz CT molecular complexity index is 1110. The number of nitrogens with one attached hydrogen (secondary N) is 1. The van der Waals surface area contributed by atoms with Gasteiger partial charge in [0.1, 0.15) is 0 Å². The summed E-state index contributed by atoms with van der Waals surface area (Å²) < 4.78 is 25.0. The summed E-state index contributed by atoms with van der Waals surface area (Å²) in [5.41, 5.74) is 3.27. The van der Waals surface area contributed by atoms with Crippen molar-refractivity contribution in [1.82, 2.24) is 0 Å². The zero-order valence-electron chi connectivity index (χ0n) is 14.2. The number of fused-ring (bicyclic) bond motifs is 3. The van der Waals surface area contributed by atoms with Gasteiger partial charge in [-0.2, -0.15) is 0 Å². The maximum Gasteiger partial charge on any atom is 0.265 e. The molecule has 0 unspecified atom stereocenters. The number of rotatable bonds is 3. The number of anilines is 1. The van der Waals surface area contributed by atoms with Crippen LogP contribution >= 0.6 is 11.3 Å². The normalized spacial score (nSPS) is 14.3. The van der Waals surface area contributed by atoms with Crippen molar-refractivity contribution in [2.45, 2.75) is 24.0 Å². The Labute approximate surface area is 156 Å². The van der Waals surface area contributed by atoms with Crippen molar-refractivity contribution in [1.29, 1.82) is 0 Å². The summed E-state index contributed by atoms with van der Waals surface area (Å²) in [6, 6.07) is 16.4. The van der Waals surface area contributed by atoms with Gasteiger partial charge in [-0.15, -0.1) is 11.3 Å². The van der Waals surface area contributed by atoms with Crippen LogP contribution in [0.5, 0.6) is 0 Å². The van der Waals surface area contributed by atoms with Gasteiger partial charge in [0.15, 0.2) is 9.84 Å². The SMILES string of the molecule is CCc1cccc(NC(=O)c2cc3c(s2)-c2ccccc2S(=O)(=O)C3)c1. The van der Waals surface area contributed by atoms with Gasteiger partial charge in [-0.1, -0.05) is 37.3 Å². The van der Waals surface area contributed by atoms with E-state index < -0.39 is 9.84 Å². The molecule has 0 bridgehead atoms. The molecule has 1 aromatic heterocycles. The average Bonchev–Trinajstić information content (AvgIpc) is 3.05. The van der Waals surface area contributed by atoms with Gasteiger partial charge in [0.25, 0.3) is 5.91 Å². The zero-order chi connectivity index (χ0) is 18.3. The van der Waals surface area contributed by atoms with Crippen molar-refractivity contribution >= 4 is 32.8 Å². The first-order chi connectivity index (χ1) is 12.5. The zero-order valence-corrected chi connectivity index (χ0v) is 15.8. The Morgan fingerprint density at radius 3 is 2.73 bits per heavy atom. The number of carbonyl (C=O) groups is 1. The van der Waals surface area contributed by atoms with Gasteiger partial charge in [0.05, 0.1) is 15.5 Å². The summed E-state index contributed by atoms with van der Waals surface area (Å²) in [6.45, 7) is 2.06. The van der Waals surface area contributed by atoms with Gasteiger partial charge < -0.3 is 5.32 Å². The van der Waals surface area contributed by atoms with Crippen molar-refractivity contribution in [3.05, 3.63) is 70.6 Å². The van der Waals surface area contributed by atoms with Crippen LogP contribution in [0.1, 0.15) is 27.7 Å². The fourth-order valence-corrected chi connectivity index (χ4v) is 6.00. The number of carbonyl (C=O) groups excluding carboxylic acids is 1. The molecule has 4 nitrogen and oxygen atoms in total. The van der Waals surface area contributed by atoms with Gasteiger partial charge in [-0.05, 0) is 41.8 Å². The van der Waals surface area contributed by atoms with E-state index in [0.717, 1.165) is 22.5 Å². The van der Waals surface area contributed by atoms with Gasteiger partial charge in [0, 0.05) is 16.1 Å². The Morgan fingerprint density at radius 1 is 1.12 bits per heavy atom. The van der Waals surface area contributed by atoms with Crippen molar-refractivity contribution in [3.8, 4) is 10.4 Å². The maximum absolute atomic E-state index is 12.7. The van der Waals surface area contributed by atoms with Crippen LogP contribution in [-0.4, -0.2) is 14.3 Å². The van der Waals surface area contributed by atoms with Crippen molar-refractivity contribution < 1.29 is 13.2 Å². The molecule has 0 fully saturated rings. The van der Waals surface area contributed by atoms with E-state index in [1.165, 1.54) is 11.3 Å². The van der Waals surface area contributed by atoms with E-state index in [-0.39, 0.29) is 11.7 Å². The molecule has 0 saturated heterocycles. The summed E-state index contributed by atoms with van der Waals surface area (Å²) in [5, 5.41) is 2.91. The lowest BCUT2D eigenvalue weighted by atomic mass is 10.1. The Hall–Kier alpha value is -2.44. The molecule has 1 aliphatic rings. The summed E-state index contributed by atoms with van der Waals surface area (Å²) in [6.07, 6.45) is 0.894. The largest absolute Gasteiger partial charge is 0.321 e. The number of hydrogen-bond acceptors (Lipinski definition) is 4. The molecule has 0 saturated carbocycles. The minimum Gasteiger partial charge on any atom is -0.321 e. The van der Waals surface area contributed by atoms with Gasteiger partial charge >= 0.3 is 0 Å². The van der Waals surface area contributed by atoms with Crippen molar-refractivity contribution in [2.24, 2.45) is 0 Å². The standard InChI is InChI=1S/C20H17NO3S2/c1-2-13-6-5-7-15(10-13)21-20(22)17-11-14-12-26(23,24)18-9-4-3-8-16(18)19(14)25-17/h3-11H,2,12H2,1H3,(H,21,22). The topological polar surface area (TPSA) is 63.2 Å². The first-order valence-electron chi connectivity index (χ1n) is 8.33. The van der Waals surface area contributed by atoms with E-state index in [4.69, 9.17) is 0 Å². The van der Waals surface area contributed by atoms with Crippen LogP contribution in [0, 0.1) is 0 Å². The third-order valence-electron chi connectivity index (χ3n) is 4.44. The molecule has 2 heterocycles. The van der Waals surface area contributed by atoms with Crippen molar-refractivity contribution in [2.75, 3.05) is 5.32 Å². The summed E-state index contributed by atoms with van der Waals surface area (Å²) in [7, 11) is -3.36. The van der Waals surface area contributed by atoms with Crippen LogP contribution in [0.25, 0.3) is 10.4 Å². The van der Waals surface area contributed by atoms with Gasteiger partial charge in [-0.3, -0.25) is 4.79 Å². The van der Waals surface area contributed by atoms with Gasteiger partial charge in [0.2, 0.25) is 0 Å². The number of hydrogen-bond donors (Lipinski definition) is 1. The Morgan fingerprint density at radius 2 is 1.92 bits per heavy atom. The summed E-state index contributed by atoms with van der Waals surface area (Å²) in [5.74, 6) is -0.276. The molecule has 2 aromatic carbocycles. The molecule has 0 radical (unpaired) electrons. The molecule has 0 atom stereocenters. The van der Waals surface area contributed by atoms with Crippen LogP contribution in [0.15, 0.2) is 59.5 Å². The number of amides is 1. The third kappa shape index (κ3) is 2.95. The fourth-order valence-electron chi connectivity index (χ4n) is 3.15. The Balaban J connectivity index is 1.69. The van der Waals surface area contributed by atoms with Crippen LogP contribution in [0.4, 0.5) is 5.69 Å². The van der Waals surface area contributed by atoms with Gasteiger partial charge in [-0.25, -0.2) is 8.42 Å². The minimum atomic E-state index is -3.36. The first-order valence-corrected chi connectivity index (χ1v) is 10.8. The molecular weight excluding hydrogens is 366 g/mol. The van der Waals surface area contributed by atoms with E-state index in [1.807, 2.05) is 30.3 Å². The average molecular weight is 383 g/mol. The number of benzene rings is 2. The summed E-state index contributed by atoms with van der Waals surface area (Å²) in [4.78, 5) is 14.4. The molecule has 3 aromatic rings. The molecule has 6 heteroatoms. The van der Waals surface area contributed by atoms with E-state index >= 15 is 0 Å². The van der Waals surface area contributed by atoms with Crippen LogP contribution in [0.2, 0.25) is 0 Å².